The van der Waals surface area contributed by atoms with Crippen molar-refractivity contribution in [1.82, 2.24) is 10.2 Å². The van der Waals surface area contributed by atoms with Gasteiger partial charge in [-0.3, -0.25) is 9.79 Å². The number of nitrogens with one attached hydrogen (secondary N) is 1. The molecule has 1 aromatic rings. The number of hydrogen-bond donors (Lipinski definition) is 1. The third kappa shape index (κ3) is 8.29. The largest absolute Gasteiger partial charge is 0.466 e. The van der Waals surface area contributed by atoms with Crippen molar-refractivity contribution in [1.29, 1.82) is 0 Å². The van der Waals surface area contributed by atoms with Crippen LogP contribution in [0.4, 0.5) is 0 Å². The Morgan fingerprint density at radius 3 is 2.56 bits per heavy atom. The molecule has 0 aromatic heterocycles. The van der Waals surface area contributed by atoms with E-state index in [4.69, 9.17) is 9.73 Å². The molecule has 7 heteroatoms. The average molecular weight is 505 g/mol. The SMILES string of the molecule is CCNC(=NCC(C)Sc1ccccc1)N1CCC(C(=O)OCC)CC1.I. The van der Waals surface area contributed by atoms with E-state index in [2.05, 4.69) is 48.3 Å². The minimum absolute atomic E-state index is 0. The van der Waals surface area contributed by atoms with Gasteiger partial charge in [0.2, 0.25) is 0 Å². The highest BCUT2D eigenvalue weighted by atomic mass is 127. The fourth-order valence-corrected chi connectivity index (χ4v) is 3.92. The Morgan fingerprint density at radius 2 is 1.96 bits per heavy atom. The number of benzene rings is 1. The van der Waals surface area contributed by atoms with Crippen molar-refractivity contribution in [2.45, 2.75) is 43.8 Å². The fraction of sp³-hybridized carbons (Fsp3) is 0.600. The maximum atomic E-state index is 11.9. The van der Waals surface area contributed by atoms with Crippen molar-refractivity contribution >= 4 is 47.7 Å². The number of guanidine groups is 1. The minimum atomic E-state index is -0.0537. The second-order valence-corrected chi connectivity index (χ2v) is 7.96. The highest BCUT2D eigenvalue weighted by Crippen LogP contribution is 2.23. The molecule has 0 saturated carbocycles. The molecular formula is C20H32IN3O2S. The van der Waals surface area contributed by atoms with Crippen LogP contribution >= 0.6 is 35.7 Å². The molecule has 1 aromatic carbocycles. The Bertz CT molecular complexity index is 578. The zero-order valence-corrected chi connectivity index (χ0v) is 19.7. The van der Waals surface area contributed by atoms with Crippen LogP contribution in [-0.4, -0.2) is 54.9 Å². The van der Waals surface area contributed by atoms with Gasteiger partial charge in [0.05, 0.1) is 19.1 Å². The van der Waals surface area contributed by atoms with E-state index in [1.165, 1.54) is 4.90 Å². The number of carbonyl (C=O) groups excluding carboxylic acids is 1. The number of esters is 1. The highest BCUT2D eigenvalue weighted by molar-refractivity contribution is 14.0. The van der Waals surface area contributed by atoms with E-state index >= 15 is 0 Å². The standard InChI is InChI=1S/C20H31N3O2S.HI/c1-4-21-20(22-15-16(3)26-18-9-7-6-8-10-18)23-13-11-17(12-14-23)19(24)25-5-2;/h6-10,16-17H,4-5,11-15H2,1-3H3,(H,21,22);1H. The Labute approximate surface area is 184 Å². The van der Waals surface area contributed by atoms with Crippen LogP contribution in [0.15, 0.2) is 40.2 Å². The van der Waals surface area contributed by atoms with Crippen LogP contribution in [0, 0.1) is 5.92 Å². The molecule has 1 unspecified atom stereocenters. The lowest BCUT2D eigenvalue weighted by Crippen LogP contribution is -2.47. The summed E-state index contributed by atoms with van der Waals surface area (Å²) in [7, 11) is 0. The molecule has 1 aliphatic rings. The molecular weight excluding hydrogens is 473 g/mol. The number of halogens is 1. The van der Waals surface area contributed by atoms with Crippen LogP contribution in [-0.2, 0) is 9.53 Å². The maximum absolute atomic E-state index is 11.9. The second-order valence-electron chi connectivity index (χ2n) is 6.45. The van der Waals surface area contributed by atoms with Crippen LogP contribution in [0.3, 0.4) is 0 Å². The highest BCUT2D eigenvalue weighted by Gasteiger charge is 2.27. The lowest BCUT2D eigenvalue weighted by molar-refractivity contribution is -0.149. The van der Waals surface area contributed by atoms with E-state index in [0.717, 1.165) is 45.0 Å². The van der Waals surface area contributed by atoms with Crippen LogP contribution in [0.1, 0.15) is 33.6 Å². The van der Waals surface area contributed by atoms with Crippen molar-refractivity contribution in [2.75, 3.05) is 32.8 Å². The average Bonchev–Trinajstić information content (AvgIpc) is 2.66. The number of ether oxygens (including phenoxy) is 1. The van der Waals surface area contributed by atoms with Gasteiger partial charge in [-0.2, -0.15) is 0 Å². The first-order valence-corrected chi connectivity index (χ1v) is 10.4. The smallest absolute Gasteiger partial charge is 0.309 e. The summed E-state index contributed by atoms with van der Waals surface area (Å²) < 4.78 is 5.15. The lowest BCUT2D eigenvalue weighted by atomic mass is 9.97. The van der Waals surface area contributed by atoms with Crippen molar-refractivity contribution in [2.24, 2.45) is 10.9 Å². The quantitative estimate of drug-likeness (QED) is 0.200. The van der Waals surface area contributed by atoms with Gasteiger partial charge in [0, 0.05) is 29.8 Å². The summed E-state index contributed by atoms with van der Waals surface area (Å²) in [5, 5.41) is 3.80. The van der Waals surface area contributed by atoms with Gasteiger partial charge in [0.15, 0.2) is 5.96 Å². The van der Waals surface area contributed by atoms with E-state index < -0.39 is 0 Å². The van der Waals surface area contributed by atoms with Crippen molar-refractivity contribution < 1.29 is 9.53 Å². The first-order chi connectivity index (χ1) is 12.6. The van der Waals surface area contributed by atoms with Gasteiger partial charge >= 0.3 is 5.97 Å². The summed E-state index contributed by atoms with van der Waals surface area (Å²) in [5.74, 6) is 0.930. The Hall–Kier alpha value is -0.960. The first kappa shape index (κ1) is 24.1. The number of rotatable bonds is 7. The zero-order chi connectivity index (χ0) is 18.8. The summed E-state index contributed by atoms with van der Waals surface area (Å²) in [4.78, 5) is 20.3. The number of carbonyl (C=O) groups is 1. The predicted octanol–water partition coefficient (Wildman–Crippen LogP) is 4.03. The monoisotopic (exact) mass is 505 g/mol. The molecule has 5 nitrogen and oxygen atoms in total. The van der Waals surface area contributed by atoms with Gasteiger partial charge in [-0.25, -0.2) is 0 Å². The van der Waals surface area contributed by atoms with Crippen LogP contribution < -0.4 is 5.32 Å². The van der Waals surface area contributed by atoms with Gasteiger partial charge in [0.1, 0.15) is 0 Å². The van der Waals surface area contributed by atoms with E-state index in [9.17, 15) is 4.79 Å². The number of aliphatic imine (C=N–C) groups is 1. The van der Waals surface area contributed by atoms with Crippen LogP contribution in [0.5, 0.6) is 0 Å². The summed E-state index contributed by atoms with van der Waals surface area (Å²) in [6.45, 7) is 9.90. The summed E-state index contributed by atoms with van der Waals surface area (Å²) in [6, 6.07) is 10.4. The van der Waals surface area contributed by atoms with Gasteiger partial charge in [-0.15, -0.1) is 35.7 Å². The summed E-state index contributed by atoms with van der Waals surface area (Å²) >= 11 is 1.85. The third-order valence-electron chi connectivity index (χ3n) is 4.33. The molecule has 0 amide bonds. The molecule has 1 N–H and O–H groups in total. The van der Waals surface area contributed by atoms with Gasteiger partial charge in [-0.05, 0) is 38.8 Å². The molecule has 0 spiro atoms. The molecule has 2 rings (SSSR count). The number of likely N-dealkylation sites (tertiary alicyclic amines) is 1. The summed E-state index contributed by atoms with van der Waals surface area (Å²) in [6.07, 6.45) is 1.66. The number of thioether (sulfide) groups is 1. The molecule has 1 heterocycles. The topological polar surface area (TPSA) is 53.9 Å². The number of hydrogen-bond acceptors (Lipinski definition) is 4. The maximum Gasteiger partial charge on any atom is 0.309 e. The molecule has 1 atom stereocenters. The molecule has 0 radical (unpaired) electrons. The van der Waals surface area contributed by atoms with Crippen LogP contribution in [0.25, 0.3) is 0 Å². The van der Waals surface area contributed by atoms with Crippen molar-refractivity contribution in [3.05, 3.63) is 30.3 Å². The van der Waals surface area contributed by atoms with E-state index in [1.54, 1.807) is 0 Å². The predicted molar refractivity (Wildman–Crippen MR) is 124 cm³/mol. The normalized spacial score (nSPS) is 16.4. The first-order valence-electron chi connectivity index (χ1n) is 9.55. The molecule has 1 fully saturated rings. The molecule has 0 aliphatic carbocycles. The fourth-order valence-electron chi connectivity index (χ4n) is 3.00. The van der Waals surface area contributed by atoms with Crippen molar-refractivity contribution in [3.8, 4) is 0 Å². The second kappa shape index (κ2) is 13.3. The van der Waals surface area contributed by atoms with Crippen LogP contribution in [0.2, 0.25) is 0 Å². The minimum Gasteiger partial charge on any atom is -0.466 e. The number of nitrogens with zero attached hydrogens (tertiary/aromatic N) is 2. The van der Waals surface area contributed by atoms with Gasteiger partial charge in [-0.1, -0.05) is 25.1 Å². The molecule has 1 aliphatic heterocycles. The Kier molecular flexibility index (Phi) is 11.8. The molecule has 27 heavy (non-hydrogen) atoms. The molecule has 0 bridgehead atoms. The third-order valence-corrected chi connectivity index (χ3v) is 5.42. The van der Waals surface area contributed by atoms with Crippen molar-refractivity contribution in [3.63, 3.8) is 0 Å². The van der Waals surface area contributed by atoms with Gasteiger partial charge in [0.25, 0.3) is 0 Å². The Morgan fingerprint density at radius 1 is 1.30 bits per heavy atom. The Balaban J connectivity index is 0.00000364. The van der Waals surface area contributed by atoms with Gasteiger partial charge < -0.3 is 15.0 Å². The number of piperidine rings is 1. The molecule has 152 valence electrons. The zero-order valence-electron chi connectivity index (χ0n) is 16.5. The summed E-state index contributed by atoms with van der Waals surface area (Å²) in [5.41, 5.74) is 0. The molecule has 1 saturated heterocycles. The van der Waals surface area contributed by atoms with E-state index in [0.29, 0.717) is 11.9 Å². The lowest BCUT2D eigenvalue weighted by Gasteiger charge is -2.33. The van der Waals surface area contributed by atoms with E-state index in [1.807, 2.05) is 24.8 Å². The van der Waals surface area contributed by atoms with E-state index in [-0.39, 0.29) is 35.9 Å².